The van der Waals surface area contributed by atoms with E-state index in [1.165, 1.54) is 25.7 Å². The van der Waals surface area contributed by atoms with Crippen molar-refractivity contribution < 1.29 is 4.74 Å². The standard InChI is InChI=1S/C12H19N3O/c1-12(14-15-13)6-8-4-11(5-9(8)7-12)16-10-2-3-10/h8-11H,2-7H2,1H3/t8-,9+,11-,12-. The molecule has 0 bridgehead atoms. The molecule has 0 spiro atoms. The van der Waals surface area contributed by atoms with Gasteiger partial charge in [0, 0.05) is 10.5 Å². The smallest absolute Gasteiger partial charge is 0.0584 e. The topological polar surface area (TPSA) is 58.0 Å². The van der Waals surface area contributed by atoms with E-state index in [9.17, 15) is 0 Å². The lowest BCUT2D eigenvalue weighted by atomic mass is 9.97. The molecule has 4 heteroatoms. The summed E-state index contributed by atoms with van der Waals surface area (Å²) < 4.78 is 5.98. The van der Waals surface area contributed by atoms with E-state index < -0.39 is 0 Å². The Morgan fingerprint density at radius 2 is 1.81 bits per heavy atom. The number of ether oxygens (including phenoxy) is 1. The summed E-state index contributed by atoms with van der Waals surface area (Å²) in [5.41, 5.74) is 8.45. The van der Waals surface area contributed by atoms with Crippen molar-refractivity contribution in [2.24, 2.45) is 17.0 Å². The summed E-state index contributed by atoms with van der Waals surface area (Å²) in [6.45, 7) is 2.10. The maximum atomic E-state index is 8.57. The Hall–Kier alpha value is -0.730. The van der Waals surface area contributed by atoms with Crippen molar-refractivity contribution in [1.82, 2.24) is 0 Å². The summed E-state index contributed by atoms with van der Waals surface area (Å²) in [5.74, 6) is 1.47. The van der Waals surface area contributed by atoms with E-state index in [4.69, 9.17) is 10.3 Å². The van der Waals surface area contributed by atoms with Gasteiger partial charge in [-0.1, -0.05) is 12.0 Å². The maximum Gasteiger partial charge on any atom is 0.0584 e. The van der Waals surface area contributed by atoms with Crippen LogP contribution in [0.15, 0.2) is 5.11 Å². The van der Waals surface area contributed by atoms with Gasteiger partial charge in [-0.25, -0.2) is 0 Å². The molecule has 4 nitrogen and oxygen atoms in total. The predicted molar refractivity (Wildman–Crippen MR) is 60.9 cm³/mol. The lowest BCUT2D eigenvalue weighted by Crippen LogP contribution is -2.19. The predicted octanol–water partition coefficient (Wildman–Crippen LogP) is 3.42. The molecule has 0 amide bonds. The lowest BCUT2D eigenvalue weighted by Gasteiger charge is -2.19. The van der Waals surface area contributed by atoms with E-state index in [1.54, 1.807) is 0 Å². The van der Waals surface area contributed by atoms with Gasteiger partial charge in [0.15, 0.2) is 0 Å². The van der Waals surface area contributed by atoms with Gasteiger partial charge in [0.05, 0.1) is 12.2 Å². The van der Waals surface area contributed by atoms with Crippen LogP contribution >= 0.6 is 0 Å². The first-order valence-electron chi connectivity index (χ1n) is 6.40. The van der Waals surface area contributed by atoms with Crippen LogP contribution in [0.1, 0.15) is 45.4 Å². The molecule has 3 saturated carbocycles. The first-order valence-corrected chi connectivity index (χ1v) is 6.40. The lowest BCUT2D eigenvalue weighted by molar-refractivity contribution is 0.0381. The zero-order valence-electron chi connectivity index (χ0n) is 9.80. The van der Waals surface area contributed by atoms with Crippen molar-refractivity contribution in [3.63, 3.8) is 0 Å². The van der Waals surface area contributed by atoms with Gasteiger partial charge < -0.3 is 4.74 Å². The molecule has 0 N–H and O–H groups in total. The molecule has 88 valence electrons. The first kappa shape index (κ1) is 10.4. The SMILES string of the molecule is C[C@@]1(N=[N+]=[N-])C[C@H]2C[C@@H](OC3CC3)C[C@H]2C1. The van der Waals surface area contributed by atoms with Gasteiger partial charge >= 0.3 is 0 Å². The third-order valence-electron chi connectivity index (χ3n) is 4.40. The second-order valence-corrected chi connectivity index (χ2v) is 6.04. The largest absolute Gasteiger partial charge is 0.375 e. The number of hydrogen-bond acceptors (Lipinski definition) is 2. The van der Waals surface area contributed by atoms with E-state index in [1.807, 2.05) is 0 Å². The average Bonchev–Trinajstić information content (AvgIpc) is 2.84. The van der Waals surface area contributed by atoms with Gasteiger partial charge in [-0.15, -0.1) is 0 Å². The summed E-state index contributed by atoms with van der Waals surface area (Å²) in [6.07, 6.45) is 8.11. The van der Waals surface area contributed by atoms with Crippen molar-refractivity contribution in [2.75, 3.05) is 0 Å². The number of rotatable bonds is 3. The molecule has 0 heterocycles. The van der Waals surface area contributed by atoms with E-state index in [2.05, 4.69) is 16.9 Å². The molecule has 3 aliphatic rings. The van der Waals surface area contributed by atoms with E-state index in [0.29, 0.717) is 12.2 Å². The van der Waals surface area contributed by atoms with Crippen LogP contribution in [-0.4, -0.2) is 17.7 Å². The Kier molecular flexibility index (Phi) is 2.37. The Labute approximate surface area is 96.0 Å². The number of hydrogen-bond donors (Lipinski definition) is 0. The van der Waals surface area contributed by atoms with Crippen molar-refractivity contribution in [1.29, 1.82) is 0 Å². The minimum Gasteiger partial charge on any atom is -0.375 e. The third-order valence-corrected chi connectivity index (χ3v) is 4.40. The molecule has 0 unspecified atom stereocenters. The fourth-order valence-electron chi connectivity index (χ4n) is 3.65. The van der Waals surface area contributed by atoms with Gasteiger partial charge in [-0.2, -0.15) is 0 Å². The molecule has 0 aromatic heterocycles. The molecule has 3 fully saturated rings. The van der Waals surface area contributed by atoms with Gasteiger partial charge in [-0.3, -0.25) is 0 Å². The van der Waals surface area contributed by atoms with Crippen LogP contribution in [0.4, 0.5) is 0 Å². The van der Waals surface area contributed by atoms with Crippen LogP contribution in [0, 0.1) is 11.8 Å². The van der Waals surface area contributed by atoms with Crippen molar-refractivity contribution >= 4 is 0 Å². The molecular weight excluding hydrogens is 202 g/mol. The van der Waals surface area contributed by atoms with Gasteiger partial charge in [0.25, 0.3) is 0 Å². The van der Waals surface area contributed by atoms with Gasteiger partial charge in [-0.05, 0) is 55.9 Å². The molecule has 0 radical (unpaired) electrons. The first-order chi connectivity index (χ1) is 7.68. The Morgan fingerprint density at radius 1 is 1.19 bits per heavy atom. The van der Waals surface area contributed by atoms with Crippen molar-refractivity contribution in [2.45, 2.75) is 63.2 Å². The molecular formula is C12H19N3O. The second kappa shape index (κ2) is 3.64. The molecule has 3 rings (SSSR count). The van der Waals surface area contributed by atoms with E-state index in [0.717, 1.165) is 24.7 Å². The molecule has 3 aliphatic carbocycles. The van der Waals surface area contributed by atoms with Crippen LogP contribution in [0.3, 0.4) is 0 Å². The highest BCUT2D eigenvalue weighted by atomic mass is 16.5. The van der Waals surface area contributed by atoms with Crippen LogP contribution < -0.4 is 0 Å². The Morgan fingerprint density at radius 3 is 2.31 bits per heavy atom. The third kappa shape index (κ3) is 1.92. The fourth-order valence-corrected chi connectivity index (χ4v) is 3.65. The monoisotopic (exact) mass is 221 g/mol. The number of nitrogens with zero attached hydrogens (tertiary/aromatic N) is 3. The number of fused-ring (bicyclic) bond motifs is 1. The highest BCUT2D eigenvalue weighted by molar-refractivity contribution is 5.02. The molecule has 0 aromatic carbocycles. The summed E-state index contributed by atoms with van der Waals surface area (Å²) in [7, 11) is 0. The second-order valence-electron chi connectivity index (χ2n) is 6.04. The summed E-state index contributed by atoms with van der Waals surface area (Å²) in [5, 5.41) is 3.98. The molecule has 16 heavy (non-hydrogen) atoms. The van der Waals surface area contributed by atoms with Crippen LogP contribution in [-0.2, 0) is 4.74 Å². The molecule has 0 aliphatic heterocycles. The maximum absolute atomic E-state index is 8.57. The summed E-state index contributed by atoms with van der Waals surface area (Å²) in [4.78, 5) is 2.99. The van der Waals surface area contributed by atoms with Gasteiger partial charge in [0.2, 0.25) is 0 Å². The molecule has 4 atom stereocenters. The minimum atomic E-state index is -0.116. The average molecular weight is 221 g/mol. The molecule has 0 saturated heterocycles. The Balaban J connectivity index is 1.59. The van der Waals surface area contributed by atoms with Crippen LogP contribution in [0.2, 0.25) is 0 Å². The van der Waals surface area contributed by atoms with E-state index in [-0.39, 0.29) is 5.54 Å². The highest BCUT2D eigenvalue weighted by Crippen LogP contribution is 2.51. The summed E-state index contributed by atoms with van der Waals surface area (Å²) in [6, 6.07) is 0. The quantitative estimate of drug-likeness (QED) is 0.409. The number of azide groups is 1. The van der Waals surface area contributed by atoms with Gasteiger partial charge in [0.1, 0.15) is 0 Å². The van der Waals surface area contributed by atoms with Crippen molar-refractivity contribution in [3.8, 4) is 0 Å². The Bertz CT molecular complexity index is 319. The minimum absolute atomic E-state index is 0.116. The highest BCUT2D eigenvalue weighted by Gasteiger charge is 2.47. The van der Waals surface area contributed by atoms with Crippen LogP contribution in [0.5, 0.6) is 0 Å². The zero-order chi connectivity index (χ0) is 11.2. The van der Waals surface area contributed by atoms with Crippen molar-refractivity contribution in [3.05, 3.63) is 10.4 Å². The van der Waals surface area contributed by atoms with E-state index >= 15 is 0 Å². The van der Waals surface area contributed by atoms with Crippen LogP contribution in [0.25, 0.3) is 10.4 Å². The fraction of sp³-hybridized carbons (Fsp3) is 1.00. The summed E-state index contributed by atoms with van der Waals surface area (Å²) >= 11 is 0. The zero-order valence-corrected chi connectivity index (χ0v) is 9.80. The molecule has 0 aromatic rings. The normalized spacial score (nSPS) is 46.4.